The molecule has 1 heterocycles. The van der Waals surface area contributed by atoms with E-state index in [2.05, 4.69) is 6.07 Å². The summed E-state index contributed by atoms with van der Waals surface area (Å²) >= 11 is 0. The highest BCUT2D eigenvalue weighted by molar-refractivity contribution is 5.77. The summed E-state index contributed by atoms with van der Waals surface area (Å²) in [6.07, 6.45) is 0.732. The molecule has 7 heteroatoms. The number of rotatable bonds is 6. The van der Waals surface area contributed by atoms with Gasteiger partial charge in [-0.05, 0) is 13.3 Å². The predicted molar refractivity (Wildman–Crippen MR) is 75.5 cm³/mol. The molecule has 3 atom stereocenters. The van der Waals surface area contributed by atoms with E-state index in [-0.39, 0.29) is 25.2 Å². The second-order valence-electron chi connectivity index (χ2n) is 5.44. The van der Waals surface area contributed by atoms with Crippen LogP contribution in [0.3, 0.4) is 0 Å². The minimum atomic E-state index is -0.945. The van der Waals surface area contributed by atoms with Crippen molar-refractivity contribution in [2.45, 2.75) is 26.3 Å². The summed E-state index contributed by atoms with van der Waals surface area (Å²) in [4.78, 5) is 26.8. The summed E-state index contributed by atoms with van der Waals surface area (Å²) < 4.78 is 5.24. The number of amides is 2. The molecule has 21 heavy (non-hydrogen) atoms. The van der Waals surface area contributed by atoms with Crippen molar-refractivity contribution in [1.82, 2.24) is 9.80 Å². The van der Waals surface area contributed by atoms with Crippen molar-refractivity contribution < 1.29 is 19.4 Å². The van der Waals surface area contributed by atoms with Gasteiger partial charge < -0.3 is 19.6 Å². The molecule has 1 saturated heterocycles. The van der Waals surface area contributed by atoms with Crippen LogP contribution in [0.1, 0.15) is 20.3 Å². The van der Waals surface area contributed by atoms with Gasteiger partial charge in [0, 0.05) is 20.1 Å². The number of carbonyl (C=O) groups is 2. The second kappa shape index (κ2) is 7.84. The molecule has 1 rings (SSSR count). The van der Waals surface area contributed by atoms with Crippen LogP contribution in [0.4, 0.5) is 4.79 Å². The normalized spacial score (nSPS) is 22.4. The van der Waals surface area contributed by atoms with Gasteiger partial charge in [0.1, 0.15) is 5.92 Å². The molecule has 1 aliphatic rings. The lowest BCUT2D eigenvalue weighted by atomic mass is 10.0. The number of nitrogens with zero attached hydrogens (tertiary/aromatic N) is 3. The molecular weight excluding hydrogens is 274 g/mol. The van der Waals surface area contributed by atoms with E-state index in [9.17, 15) is 14.7 Å². The zero-order valence-corrected chi connectivity index (χ0v) is 12.8. The maximum atomic E-state index is 12.5. The average molecular weight is 297 g/mol. The predicted octanol–water partition coefficient (Wildman–Crippen LogP) is 1.01. The summed E-state index contributed by atoms with van der Waals surface area (Å²) in [5.41, 5.74) is 0. The van der Waals surface area contributed by atoms with E-state index in [1.807, 2.05) is 6.92 Å². The first-order valence-electron chi connectivity index (χ1n) is 7.14. The van der Waals surface area contributed by atoms with E-state index in [1.54, 1.807) is 18.9 Å². The fourth-order valence-corrected chi connectivity index (χ4v) is 2.48. The molecule has 0 saturated carbocycles. The van der Waals surface area contributed by atoms with E-state index >= 15 is 0 Å². The molecule has 0 bridgehead atoms. The lowest BCUT2D eigenvalue weighted by Crippen LogP contribution is -2.51. The Hall–Kier alpha value is -1.81. The minimum absolute atomic E-state index is 0.131. The molecule has 1 aliphatic heterocycles. The Balaban J connectivity index is 2.83. The third kappa shape index (κ3) is 4.33. The number of nitriles is 1. The molecule has 118 valence electrons. The quantitative estimate of drug-likeness (QED) is 0.789. The van der Waals surface area contributed by atoms with Crippen molar-refractivity contribution >= 4 is 12.0 Å². The van der Waals surface area contributed by atoms with Crippen LogP contribution in [0.15, 0.2) is 0 Å². The van der Waals surface area contributed by atoms with Gasteiger partial charge in [0.05, 0.1) is 31.2 Å². The van der Waals surface area contributed by atoms with Crippen LogP contribution in [0, 0.1) is 23.2 Å². The van der Waals surface area contributed by atoms with Crippen LogP contribution in [0.25, 0.3) is 0 Å². The molecule has 0 aromatic rings. The highest BCUT2D eigenvalue weighted by atomic mass is 16.5. The van der Waals surface area contributed by atoms with Crippen LogP contribution >= 0.6 is 0 Å². The number of carbonyl (C=O) groups excluding carboxylic acids is 1. The Morgan fingerprint density at radius 1 is 1.48 bits per heavy atom. The van der Waals surface area contributed by atoms with Crippen molar-refractivity contribution in [3.05, 3.63) is 0 Å². The van der Waals surface area contributed by atoms with Gasteiger partial charge in [-0.1, -0.05) is 6.92 Å². The first-order chi connectivity index (χ1) is 9.92. The van der Waals surface area contributed by atoms with E-state index in [0.717, 1.165) is 6.42 Å². The number of carboxylic acids is 1. The van der Waals surface area contributed by atoms with Gasteiger partial charge in [-0.25, -0.2) is 4.79 Å². The highest BCUT2D eigenvalue weighted by Crippen LogP contribution is 2.21. The molecule has 0 aromatic carbocycles. The largest absolute Gasteiger partial charge is 0.481 e. The van der Waals surface area contributed by atoms with Crippen LogP contribution < -0.4 is 0 Å². The Kier molecular flexibility index (Phi) is 6.43. The van der Waals surface area contributed by atoms with Gasteiger partial charge in [-0.15, -0.1) is 0 Å². The Morgan fingerprint density at radius 2 is 2.14 bits per heavy atom. The van der Waals surface area contributed by atoms with Crippen molar-refractivity contribution in [3.8, 4) is 6.07 Å². The molecule has 1 N–H and O–H groups in total. The first kappa shape index (κ1) is 17.2. The number of hydrogen-bond donors (Lipinski definition) is 1. The number of aliphatic carboxylic acids is 1. The van der Waals surface area contributed by atoms with Gasteiger partial charge >= 0.3 is 12.0 Å². The van der Waals surface area contributed by atoms with Gasteiger partial charge in [0.2, 0.25) is 0 Å². The van der Waals surface area contributed by atoms with E-state index in [1.165, 1.54) is 4.90 Å². The Labute approximate surface area is 125 Å². The lowest BCUT2D eigenvalue weighted by molar-refractivity contribution is -0.142. The SMILES string of the molecule is CCCN(C(=O)N(C)CC(C)C#N)C1COCC1C(=O)O. The van der Waals surface area contributed by atoms with Crippen molar-refractivity contribution in [3.63, 3.8) is 0 Å². The van der Waals surface area contributed by atoms with Crippen LogP contribution in [-0.2, 0) is 9.53 Å². The third-order valence-corrected chi connectivity index (χ3v) is 3.57. The highest BCUT2D eigenvalue weighted by Gasteiger charge is 2.40. The maximum Gasteiger partial charge on any atom is 0.320 e. The topological polar surface area (TPSA) is 93.9 Å². The molecule has 1 fully saturated rings. The number of urea groups is 1. The number of carboxylic acid groups (broad SMARTS) is 1. The Bertz CT molecular complexity index is 421. The fourth-order valence-electron chi connectivity index (χ4n) is 2.48. The number of hydrogen-bond acceptors (Lipinski definition) is 4. The summed E-state index contributed by atoms with van der Waals surface area (Å²) in [5.74, 6) is -1.90. The van der Waals surface area contributed by atoms with Crippen LogP contribution in [0.5, 0.6) is 0 Å². The molecule has 0 aliphatic carbocycles. The Morgan fingerprint density at radius 3 is 2.67 bits per heavy atom. The van der Waals surface area contributed by atoms with Crippen LogP contribution in [0.2, 0.25) is 0 Å². The van der Waals surface area contributed by atoms with Crippen LogP contribution in [-0.4, -0.2) is 66.3 Å². The van der Waals surface area contributed by atoms with Crippen molar-refractivity contribution in [1.29, 1.82) is 5.26 Å². The second-order valence-corrected chi connectivity index (χ2v) is 5.44. The zero-order valence-electron chi connectivity index (χ0n) is 12.8. The molecule has 0 radical (unpaired) electrons. The van der Waals surface area contributed by atoms with E-state index < -0.39 is 17.9 Å². The third-order valence-electron chi connectivity index (χ3n) is 3.57. The molecule has 0 spiro atoms. The van der Waals surface area contributed by atoms with Gasteiger partial charge in [0.15, 0.2) is 0 Å². The summed E-state index contributed by atoms with van der Waals surface area (Å²) in [6, 6.07) is 1.39. The van der Waals surface area contributed by atoms with Crippen molar-refractivity contribution in [2.24, 2.45) is 11.8 Å². The van der Waals surface area contributed by atoms with Crippen molar-refractivity contribution in [2.75, 3.05) is 33.4 Å². The van der Waals surface area contributed by atoms with E-state index in [4.69, 9.17) is 10.00 Å². The summed E-state index contributed by atoms with van der Waals surface area (Å²) in [6.45, 7) is 4.84. The smallest absolute Gasteiger partial charge is 0.320 e. The number of ether oxygens (including phenoxy) is 1. The maximum absolute atomic E-state index is 12.5. The molecule has 0 aromatic heterocycles. The average Bonchev–Trinajstić information content (AvgIpc) is 2.93. The molecule has 7 nitrogen and oxygen atoms in total. The summed E-state index contributed by atoms with van der Waals surface area (Å²) in [7, 11) is 1.63. The first-order valence-corrected chi connectivity index (χ1v) is 7.14. The standard InChI is InChI=1S/C14H23N3O4/c1-4-5-17(12-9-21-8-11(12)13(18)19)14(20)16(3)7-10(2)6-15/h10-12H,4-5,7-9H2,1-3H3,(H,18,19). The summed E-state index contributed by atoms with van der Waals surface area (Å²) in [5, 5.41) is 18.1. The molecule has 2 amide bonds. The molecular formula is C14H23N3O4. The zero-order chi connectivity index (χ0) is 16.0. The minimum Gasteiger partial charge on any atom is -0.481 e. The van der Waals surface area contributed by atoms with Gasteiger partial charge in [0.25, 0.3) is 0 Å². The van der Waals surface area contributed by atoms with Gasteiger partial charge in [-0.2, -0.15) is 5.26 Å². The lowest BCUT2D eigenvalue weighted by Gasteiger charge is -2.34. The molecule has 3 unspecified atom stereocenters. The van der Waals surface area contributed by atoms with E-state index in [0.29, 0.717) is 13.1 Å². The fraction of sp³-hybridized carbons (Fsp3) is 0.786. The van der Waals surface area contributed by atoms with Gasteiger partial charge in [-0.3, -0.25) is 4.79 Å². The monoisotopic (exact) mass is 297 g/mol.